The second kappa shape index (κ2) is 26.4. The van der Waals surface area contributed by atoms with Crippen LogP contribution in [0, 0.1) is 11.8 Å². The van der Waals surface area contributed by atoms with E-state index in [4.69, 9.17) is 21.7 Å². The Kier molecular flexibility index (Phi) is 31.0. The van der Waals surface area contributed by atoms with Crippen LogP contribution in [0.2, 0.25) is 0 Å². The quantitative estimate of drug-likeness (QED) is 0.217. The van der Waals surface area contributed by atoms with Gasteiger partial charge in [0.2, 0.25) is 11.8 Å². The Morgan fingerprint density at radius 2 is 1.05 bits per heavy atom. The standard InChI is InChI=1S/2C10H16.2C4H8N2O3.CH4.2H2S/c2*1-8(2)10-6-4-9(3)5-7-10;2*5-2(4(8)9)1-3(6)7;;;/h2*4,10H,1,5-7H2,2-3H3;2*2H,1,5H2,(H2,6,7)(H,8,9);1H4;2*1H2/t2*10-;2*2-;;;/m1010.../s1. The lowest BCUT2D eigenvalue weighted by Crippen LogP contribution is -2.34. The maximum Gasteiger partial charge on any atom is 0.321 e. The number of aliphatic carboxylic acids is 2. The third-order valence-corrected chi connectivity index (χ3v) is 6.15. The van der Waals surface area contributed by atoms with E-state index in [1.165, 1.54) is 49.7 Å². The van der Waals surface area contributed by atoms with E-state index in [9.17, 15) is 19.2 Å². The number of carbonyl (C=O) groups excluding carboxylic acids is 2. The molecular weight excluding hydrogens is 564 g/mol. The third-order valence-electron chi connectivity index (χ3n) is 6.15. The van der Waals surface area contributed by atoms with Gasteiger partial charge < -0.3 is 33.1 Å². The number of nitrogens with two attached hydrogens (primary N) is 4. The summed E-state index contributed by atoms with van der Waals surface area (Å²) >= 11 is 0. The summed E-state index contributed by atoms with van der Waals surface area (Å²) in [6, 6.07) is -2.33. The molecule has 41 heavy (non-hydrogen) atoms. The summed E-state index contributed by atoms with van der Waals surface area (Å²) in [5.74, 6) is -2.30. The monoisotopic (exact) mass is 620 g/mol. The molecule has 10 N–H and O–H groups in total. The van der Waals surface area contributed by atoms with Gasteiger partial charge in [-0.2, -0.15) is 27.0 Å². The van der Waals surface area contributed by atoms with Crippen LogP contribution < -0.4 is 22.9 Å². The Labute approximate surface area is 260 Å². The summed E-state index contributed by atoms with van der Waals surface area (Å²) in [6.07, 6.45) is 11.7. The minimum atomic E-state index is -1.21. The molecule has 2 amide bonds. The van der Waals surface area contributed by atoms with Gasteiger partial charge in [-0.15, -0.1) is 0 Å². The number of carboxylic acids is 2. The first kappa shape index (κ1) is 48.2. The van der Waals surface area contributed by atoms with Gasteiger partial charge in [-0.05, 0) is 78.1 Å². The first-order valence-corrected chi connectivity index (χ1v) is 12.6. The Morgan fingerprint density at radius 1 is 0.780 bits per heavy atom. The van der Waals surface area contributed by atoms with Crippen LogP contribution in [0.3, 0.4) is 0 Å². The number of primary amides is 2. The fourth-order valence-electron chi connectivity index (χ4n) is 3.43. The Balaban J connectivity index is -0.000000137. The second-order valence-corrected chi connectivity index (χ2v) is 9.97. The Morgan fingerprint density at radius 3 is 1.17 bits per heavy atom. The summed E-state index contributed by atoms with van der Waals surface area (Å²) in [7, 11) is 0. The van der Waals surface area contributed by atoms with Crippen LogP contribution in [0.15, 0.2) is 47.6 Å². The number of amides is 2. The zero-order valence-corrected chi connectivity index (χ0v) is 26.4. The van der Waals surface area contributed by atoms with E-state index in [1.54, 1.807) is 11.1 Å². The number of hydrogen-bond acceptors (Lipinski definition) is 6. The fourth-order valence-corrected chi connectivity index (χ4v) is 3.43. The molecule has 2 aliphatic rings. The van der Waals surface area contributed by atoms with Gasteiger partial charge in [-0.3, -0.25) is 19.2 Å². The van der Waals surface area contributed by atoms with Gasteiger partial charge in [-0.1, -0.05) is 55.0 Å². The molecule has 0 saturated carbocycles. The van der Waals surface area contributed by atoms with Crippen molar-refractivity contribution in [3.63, 3.8) is 0 Å². The topological polar surface area (TPSA) is 213 Å². The lowest BCUT2D eigenvalue weighted by atomic mass is 9.86. The molecular formula is C29H56N4O6S2. The molecule has 0 unspecified atom stereocenters. The molecule has 0 aromatic heterocycles. The molecule has 0 heterocycles. The average Bonchev–Trinajstić information content (AvgIpc) is 2.80. The molecule has 0 radical (unpaired) electrons. The van der Waals surface area contributed by atoms with Crippen LogP contribution in [0.1, 0.15) is 86.5 Å². The van der Waals surface area contributed by atoms with Gasteiger partial charge >= 0.3 is 11.9 Å². The van der Waals surface area contributed by atoms with Crippen molar-refractivity contribution >= 4 is 50.7 Å². The molecule has 240 valence electrons. The Hall–Kier alpha value is -2.54. The lowest BCUT2D eigenvalue weighted by molar-refractivity contribution is -0.140. The fraction of sp³-hybridized carbons (Fsp3) is 0.586. The molecule has 0 aromatic rings. The largest absolute Gasteiger partial charge is 0.480 e. The van der Waals surface area contributed by atoms with E-state index in [0.717, 1.165) is 11.8 Å². The number of hydrogen-bond donors (Lipinski definition) is 6. The van der Waals surface area contributed by atoms with Crippen molar-refractivity contribution in [2.45, 2.75) is 98.6 Å². The molecule has 10 nitrogen and oxygen atoms in total. The molecule has 0 bridgehead atoms. The van der Waals surface area contributed by atoms with Crippen LogP contribution in [0.4, 0.5) is 0 Å². The number of carboxylic acid groups (broad SMARTS) is 2. The van der Waals surface area contributed by atoms with Crippen LogP contribution >= 0.6 is 27.0 Å². The minimum absolute atomic E-state index is 0. The number of rotatable bonds is 8. The maximum atomic E-state index is 9.99. The average molecular weight is 621 g/mol. The van der Waals surface area contributed by atoms with Crippen LogP contribution in [-0.2, 0) is 19.2 Å². The summed E-state index contributed by atoms with van der Waals surface area (Å²) in [4.78, 5) is 39.8. The van der Waals surface area contributed by atoms with Crippen molar-refractivity contribution in [2.24, 2.45) is 34.8 Å². The highest BCUT2D eigenvalue weighted by atomic mass is 32.1. The summed E-state index contributed by atoms with van der Waals surface area (Å²) in [6.45, 7) is 16.7. The number of allylic oxidation sites excluding steroid dienone is 6. The van der Waals surface area contributed by atoms with Gasteiger partial charge in [0.15, 0.2) is 0 Å². The molecule has 0 saturated heterocycles. The molecule has 0 aromatic carbocycles. The summed E-state index contributed by atoms with van der Waals surface area (Å²) < 4.78 is 0. The van der Waals surface area contributed by atoms with Crippen molar-refractivity contribution < 1.29 is 29.4 Å². The highest BCUT2D eigenvalue weighted by Gasteiger charge is 2.14. The molecule has 0 fully saturated rings. The molecule has 0 spiro atoms. The number of carbonyl (C=O) groups is 4. The molecule has 0 aliphatic heterocycles. The zero-order chi connectivity index (χ0) is 30.0. The van der Waals surface area contributed by atoms with Crippen molar-refractivity contribution in [3.05, 3.63) is 47.6 Å². The normalized spacial score (nSPS) is 18.1. The van der Waals surface area contributed by atoms with Gasteiger partial charge in [0.05, 0.1) is 12.8 Å². The van der Waals surface area contributed by atoms with Crippen molar-refractivity contribution in [2.75, 3.05) is 0 Å². The van der Waals surface area contributed by atoms with Gasteiger partial charge in [0.25, 0.3) is 0 Å². The molecule has 12 heteroatoms. The van der Waals surface area contributed by atoms with Crippen LogP contribution in [-0.4, -0.2) is 46.0 Å². The molecule has 2 rings (SSSR count). The zero-order valence-electron chi connectivity index (χ0n) is 24.4. The smallest absolute Gasteiger partial charge is 0.321 e. The maximum absolute atomic E-state index is 9.99. The predicted molar refractivity (Wildman–Crippen MR) is 178 cm³/mol. The van der Waals surface area contributed by atoms with Crippen molar-refractivity contribution in [1.82, 2.24) is 0 Å². The second-order valence-electron chi connectivity index (χ2n) is 9.97. The van der Waals surface area contributed by atoms with Gasteiger partial charge in [0, 0.05) is 0 Å². The van der Waals surface area contributed by atoms with E-state index in [0.29, 0.717) is 0 Å². The Bertz CT molecular complexity index is 834. The summed E-state index contributed by atoms with van der Waals surface area (Å²) in [5, 5.41) is 16.2. The van der Waals surface area contributed by atoms with Crippen LogP contribution in [0.5, 0.6) is 0 Å². The van der Waals surface area contributed by atoms with Crippen molar-refractivity contribution in [1.29, 1.82) is 0 Å². The molecule has 4 atom stereocenters. The highest BCUT2D eigenvalue weighted by molar-refractivity contribution is 7.59. The minimum Gasteiger partial charge on any atom is -0.480 e. The van der Waals surface area contributed by atoms with Gasteiger partial charge in [-0.25, -0.2) is 0 Å². The first-order chi connectivity index (χ1) is 17.5. The van der Waals surface area contributed by atoms with Crippen LogP contribution in [0.25, 0.3) is 0 Å². The van der Waals surface area contributed by atoms with E-state index < -0.39 is 35.8 Å². The van der Waals surface area contributed by atoms with E-state index >= 15 is 0 Å². The SMILES string of the molecule is C.C=C(C)[C@@H]1CC=C(C)CC1.C=C(C)[C@H]1CC=C(C)CC1.NC(=O)C[C@@H](N)C(=O)O.NC(=O)C[C@H](N)C(=O)O.S.S. The highest BCUT2D eigenvalue weighted by Crippen LogP contribution is 2.28. The van der Waals surface area contributed by atoms with Gasteiger partial charge in [0.1, 0.15) is 12.1 Å². The van der Waals surface area contributed by atoms with E-state index in [-0.39, 0.29) is 47.3 Å². The summed E-state index contributed by atoms with van der Waals surface area (Å²) in [5.41, 5.74) is 24.9. The van der Waals surface area contributed by atoms with E-state index in [1.807, 2.05) is 0 Å². The lowest BCUT2D eigenvalue weighted by Gasteiger charge is -2.19. The van der Waals surface area contributed by atoms with E-state index in [2.05, 4.69) is 64.5 Å². The first-order valence-electron chi connectivity index (χ1n) is 12.6. The van der Waals surface area contributed by atoms with Crippen molar-refractivity contribution in [3.8, 4) is 0 Å². The third kappa shape index (κ3) is 27.4. The predicted octanol–water partition coefficient (Wildman–Crippen LogP) is 4.03. The molecule has 2 aliphatic carbocycles.